The van der Waals surface area contributed by atoms with Gasteiger partial charge in [-0.05, 0) is 18.9 Å². The molecule has 0 aromatic heterocycles. The Bertz CT molecular complexity index is 477. The molecule has 0 saturated heterocycles. The molecule has 4 heteroatoms. The minimum absolute atomic E-state index is 0.360. The molecule has 18 heavy (non-hydrogen) atoms. The van der Waals surface area contributed by atoms with E-state index >= 15 is 0 Å². The lowest BCUT2D eigenvalue weighted by atomic mass is 9.92. The molecule has 1 aromatic rings. The average molecular weight is 248 g/mol. The first-order chi connectivity index (χ1) is 8.56. The van der Waals surface area contributed by atoms with Crippen LogP contribution < -0.4 is 0 Å². The number of rotatable bonds is 3. The van der Waals surface area contributed by atoms with Gasteiger partial charge in [0.2, 0.25) is 0 Å². The molecular weight excluding hydrogens is 232 g/mol. The number of hydrogen-bond donors (Lipinski definition) is 0. The maximum Gasteiger partial charge on any atom is 0.317 e. The molecule has 4 nitrogen and oxygen atoms in total. The summed E-state index contributed by atoms with van der Waals surface area (Å²) in [6.45, 7) is 1.97. The fraction of sp³-hybridized carbons (Fsp3) is 0.429. The first kappa shape index (κ1) is 12.6. The van der Waals surface area contributed by atoms with E-state index in [2.05, 4.69) is 0 Å². The first-order valence-electron chi connectivity index (χ1n) is 5.79. The van der Waals surface area contributed by atoms with E-state index in [9.17, 15) is 9.59 Å². The molecule has 0 unspecified atom stereocenters. The third-order valence-electron chi connectivity index (χ3n) is 3.56. The maximum absolute atomic E-state index is 12.0. The zero-order valence-corrected chi connectivity index (χ0v) is 10.7. The zero-order valence-electron chi connectivity index (χ0n) is 10.7. The molecule has 0 bridgehead atoms. The van der Waals surface area contributed by atoms with Crippen LogP contribution in [0, 0.1) is 12.8 Å². The van der Waals surface area contributed by atoms with Crippen LogP contribution in [0.15, 0.2) is 24.3 Å². The van der Waals surface area contributed by atoms with Crippen molar-refractivity contribution in [3.63, 3.8) is 0 Å². The SMILES string of the molecule is COC(=O)[C@H]1C[C@@]1(C(=O)OC)c1ccc(C)cc1. The normalized spacial score (nSPS) is 25.4. The van der Waals surface area contributed by atoms with Crippen molar-refractivity contribution in [3.8, 4) is 0 Å². The summed E-state index contributed by atoms with van der Waals surface area (Å²) in [6, 6.07) is 7.59. The highest BCUT2D eigenvalue weighted by Crippen LogP contribution is 2.55. The third-order valence-corrected chi connectivity index (χ3v) is 3.56. The van der Waals surface area contributed by atoms with Gasteiger partial charge in [0.1, 0.15) is 5.41 Å². The van der Waals surface area contributed by atoms with Gasteiger partial charge in [0, 0.05) is 0 Å². The van der Waals surface area contributed by atoms with Gasteiger partial charge >= 0.3 is 11.9 Å². The van der Waals surface area contributed by atoms with E-state index < -0.39 is 11.3 Å². The Balaban J connectivity index is 2.37. The summed E-state index contributed by atoms with van der Waals surface area (Å²) in [5, 5.41) is 0. The lowest BCUT2D eigenvalue weighted by Gasteiger charge is -2.15. The number of methoxy groups -OCH3 is 2. The van der Waals surface area contributed by atoms with Crippen molar-refractivity contribution in [3.05, 3.63) is 35.4 Å². The van der Waals surface area contributed by atoms with Crippen LogP contribution in [-0.4, -0.2) is 26.2 Å². The maximum atomic E-state index is 12.0. The summed E-state index contributed by atoms with van der Waals surface area (Å²) < 4.78 is 9.56. The monoisotopic (exact) mass is 248 g/mol. The molecule has 2 atom stereocenters. The van der Waals surface area contributed by atoms with Gasteiger partial charge in [-0.25, -0.2) is 0 Å². The van der Waals surface area contributed by atoms with Gasteiger partial charge in [-0.15, -0.1) is 0 Å². The van der Waals surface area contributed by atoms with Gasteiger partial charge in [-0.2, -0.15) is 0 Å². The summed E-state index contributed by atoms with van der Waals surface area (Å²) in [6.07, 6.45) is 0.454. The van der Waals surface area contributed by atoms with Crippen LogP contribution in [0.25, 0.3) is 0 Å². The van der Waals surface area contributed by atoms with Crippen molar-refractivity contribution in [2.45, 2.75) is 18.8 Å². The topological polar surface area (TPSA) is 52.6 Å². The van der Waals surface area contributed by atoms with Crippen molar-refractivity contribution >= 4 is 11.9 Å². The quantitative estimate of drug-likeness (QED) is 0.762. The van der Waals surface area contributed by atoms with Crippen molar-refractivity contribution in [2.75, 3.05) is 14.2 Å². The molecular formula is C14H16O4. The zero-order chi connectivity index (χ0) is 13.3. The predicted molar refractivity (Wildman–Crippen MR) is 65.0 cm³/mol. The summed E-state index contributed by atoms with van der Waals surface area (Å²) in [7, 11) is 2.67. The van der Waals surface area contributed by atoms with Crippen LogP contribution in [0.2, 0.25) is 0 Å². The van der Waals surface area contributed by atoms with Crippen LogP contribution >= 0.6 is 0 Å². The summed E-state index contributed by atoms with van der Waals surface area (Å²) >= 11 is 0. The number of aryl methyl sites for hydroxylation is 1. The molecule has 0 N–H and O–H groups in total. The van der Waals surface area contributed by atoms with Crippen molar-refractivity contribution in [2.24, 2.45) is 5.92 Å². The molecule has 96 valence electrons. The first-order valence-corrected chi connectivity index (χ1v) is 5.79. The number of benzene rings is 1. The van der Waals surface area contributed by atoms with E-state index in [0.717, 1.165) is 11.1 Å². The van der Waals surface area contributed by atoms with E-state index in [0.29, 0.717) is 6.42 Å². The van der Waals surface area contributed by atoms with Gasteiger partial charge in [0.25, 0.3) is 0 Å². The molecule has 0 heterocycles. The number of ether oxygens (including phenoxy) is 2. The number of carbonyl (C=O) groups excluding carboxylic acids is 2. The second kappa shape index (κ2) is 4.44. The summed E-state index contributed by atoms with van der Waals surface area (Å²) in [4.78, 5) is 23.6. The molecule has 0 aliphatic heterocycles. The van der Waals surface area contributed by atoms with Gasteiger partial charge in [-0.1, -0.05) is 29.8 Å². The molecule has 0 spiro atoms. The van der Waals surface area contributed by atoms with Crippen LogP contribution in [0.1, 0.15) is 17.5 Å². The summed E-state index contributed by atoms with van der Waals surface area (Å²) in [5.41, 5.74) is 1.07. The summed E-state index contributed by atoms with van der Waals surface area (Å²) in [5.74, 6) is -1.17. The molecule has 0 amide bonds. The molecule has 1 aliphatic carbocycles. The van der Waals surface area contributed by atoms with Gasteiger partial charge in [0.15, 0.2) is 0 Å². The minimum Gasteiger partial charge on any atom is -0.469 e. The molecule has 1 saturated carbocycles. The molecule has 1 aromatic carbocycles. The number of esters is 2. The third kappa shape index (κ3) is 1.78. The van der Waals surface area contributed by atoms with E-state index in [1.807, 2.05) is 31.2 Å². The highest BCUT2D eigenvalue weighted by molar-refractivity contribution is 5.96. The second-order valence-electron chi connectivity index (χ2n) is 4.61. The van der Waals surface area contributed by atoms with Crippen LogP contribution in [0.3, 0.4) is 0 Å². The largest absolute Gasteiger partial charge is 0.469 e. The highest BCUT2D eigenvalue weighted by Gasteiger charge is 2.66. The Labute approximate surface area is 106 Å². The van der Waals surface area contributed by atoms with Crippen molar-refractivity contribution < 1.29 is 19.1 Å². The van der Waals surface area contributed by atoms with Crippen LogP contribution in [0.4, 0.5) is 0 Å². The Morgan fingerprint density at radius 3 is 2.28 bits per heavy atom. The molecule has 1 aliphatic rings. The Morgan fingerprint density at radius 2 is 1.78 bits per heavy atom. The minimum atomic E-state index is -0.852. The Hall–Kier alpha value is -1.84. The predicted octanol–water partition coefficient (Wildman–Crippen LogP) is 1.60. The molecule has 1 fully saturated rings. The van der Waals surface area contributed by atoms with E-state index in [4.69, 9.17) is 9.47 Å². The number of carbonyl (C=O) groups is 2. The van der Waals surface area contributed by atoms with Gasteiger partial charge < -0.3 is 9.47 Å². The average Bonchev–Trinajstić information content (AvgIpc) is 3.14. The molecule has 2 rings (SSSR count). The molecule has 0 radical (unpaired) electrons. The lowest BCUT2D eigenvalue weighted by Crippen LogP contribution is -2.27. The number of hydrogen-bond acceptors (Lipinski definition) is 4. The van der Waals surface area contributed by atoms with Crippen molar-refractivity contribution in [1.29, 1.82) is 0 Å². The Morgan fingerprint density at radius 1 is 1.17 bits per heavy atom. The van der Waals surface area contributed by atoms with E-state index in [1.54, 1.807) is 0 Å². The second-order valence-corrected chi connectivity index (χ2v) is 4.61. The Kier molecular flexibility index (Phi) is 3.11. The van der Waals surface area contributed by atoms with Crippen molar-refractivity contribution in [1.82, 2.24) is 0 Å². The highest BCUT2D eigenvalue weighted by atomic mass is 16.5. The van der Waals surface area contributed by atoms with E-state index in [1.165, 1.54) is 14.2 Å². The standard InChI is InChI=1S/C14H16O4/c1-9-4-6-10(7-5-9)14(13(16)18-3)8-11(14)12(15)17-2/h4-7,11H,8H2,1-3H3/t11-,14-/m1/s1. The van der Waals surface area contributed by atoms with E-state index in [-0.39, 0.29) is 11.9 Å². The fourth-order valence-electron chi connectivity index (χ4n) is 2.39. The fourth-order valence-corrected chi connectivity index (χ4v) is 2.39. The van der Waals surface area contributed by atoms with Crippen LogP contribution in [-0.2, 0) is 24.5 Å². The van der Waals surface area contributed by atoms with Gasteiger partial charge in [-0.3, -0.25) is 9.59 Å². The van der Waals surface area contributed by atoms with Gasteiger partial charge in [0.05, 0.1) is 20.1 Å². The smallest absolute Gasteiger partial charge is 0.317 e. The van der Waals surface area contributed by atoms with Crippen LogP contribution in [0.5, 0.6) is 0 Å². The lowest BCUT2D eigenvalue weighted by molar-refractivity contribution is -0.149.